The van der Waals surface area contributed by atoms with Crippen molar-refractivity contribution in [2.45, 2.75) is 25.6 Å². The van der Waals surface area contributed by atoms with Gasteiger partial charge in [0.05, 0.1) is 22.5 Å². The Morgan fingerprint density at radius 2 is 1.95 bits per heavy atom. The maximum atomic E-state index is 12.9. The summed E-state index contributed by atoms with van der Waals surface area (Å²) in [4.78, 5) is 11.2. The maximum Gasteiger partial charge on any atom is 0.417 e. The van der Waals surface area contributed by atoms with E-state index < -0.39 is 44.5 Å². The highest BCUT2D eigenvalue weighted by Crippen LogP contribution is 2.37. The Balaban J connectivity index is 3.55. The van der Waals surface area contributed by atoms with Crippen LogP contribution >= 0.6 is 11.6 Å². The molecule has 0 radical (unpaired) electrons. The lowest BCUT2D eigenvalue weighted by Crippen LogP contribution is -2.44. The Morgan fingerprint density at radius 3 is 2.32 bits per heavy atom. The van der Waals surface area contributed by atoms with E-state index in [0.29, 0.717) is 10.4 Å². The molecule has 1 aromatic rings. The second-order valence-electron chi connectivity index (χ2n) is 4.48. The van der Waals surface area contributed by atoms with E-state index in [2.05, 4.69) is 0 Å². The molecule has 0 bridgehead atoms. The van der Waals surface area contributed by atoms with Crippen molar-refractivity contribution < 1.29 is 31.5 Å². The van der Waals surface area contributed by atoms with Gasteiger partial charge in [0.15, 0.2) is 0 Å². The highest BCUT2D eigenvalue weighted by molar-refractivity contribution is 7.92. The molecule has 0 aromatic heterocycles. The van der Waals surface area contributed by atoms with Crippen LogP contribution in [0, 0.1) is 0 Å². The normalized spacial score (nSPS) is 13.7. The number of anilines is 1. The van der Waals surface area contributed by atoms with Crippen LogP contribution in [0.3, 0.4) is 0 Å². The van der Waals surface area contributed by atoms with Crippen LogP contribution in [0.15, 0.2) is 18.2 Å². The van der Waals surface area contributed by atoms with Gasteiger partial charge in [0.2, 0.25) is 10.0 Å². The molecule has 1 N–H and O–H groups in total. The number of alkyl halides is 3. The molecule has 0 saturated carbocycles. The number of halogens is 4. The maximum absolute atomic E-state index is 12.9. The van der Waals surface area contributed by atoms with Gasteiger partial charge in [-0.15, -0.1) is 0 Å². The summed E-state index contributed by atoms with van der Waals surface area (Å²) in [5, 5.41) is 8.49. The van der Waals surface area contributed by atoms with Crippen LogP contribution in [-0.4, -0.2) is 31.8 Å². The number of rotatable bonds is 5. The minimum Gasteiger partial charge on any atom is -0.480 e. The van der Waals surface area contributed by atoms with Gasteiger partial charge in [-0.05, 0) is 24.6 Å². The van der Waals surface area contributed by atoms with Crippen LogP contribution in [-0.2, 0) is 21.0 Å². The zero-order valence-electron chi connectivity index (χ0n) is 11.6. The first-order valence-electron chi connectivity index (χ1n) is 5.98. The number of hydrogen-bond donors (Lipinski definition) is 1. The quantitative estimate of drug-likeness (QED) is 0.877. The lowest BCUT2D eigenvalue weighted by Gasteiger charge is -2.28. The van der Waals surface area contributed by atoms with Crippen molar-refractivity contribution in [1.82, 2.24) is 0 Å². The van der Waals surface area contributed by atoms with Gasteiger partial charge in [0.25, 0.3) is 0 Å². The molecule has 1 aromatic carbocycles. The number of nitrogens with zero attached hydrogens (tertiary/aromatic N) is 1. The number of sulfonamides is 1. The molecule has 1 rings (SSSR count). The molecule has 0 aliphatic heterocycles. The molecule has 1 atom stereocenters. The molecule has 5 nitrogen and oxygen atoms in total. The van der Waals surface area contributed by atoms with E-state index in [1.807, 2.05) is 0 Å². The fourth-order valence-corrected chi connectivity index (χ4v) is 3.33. The number of carboxylic acids is 1. The number of aliphatic carboxylic acids is 1. The van der Waals surface area contributed by atoms with E-state index in [4.69, 9.17) is 16.7 Å². The summed E-state index contributed by atoms with van der Waals surface area (Å²) in [7, 11) is -4.11. The third-order valence-corrected chi connectivity index (χ3v) is 4.33. The molecule has 0 fully saturated rings. The van der Waals surface area contributed by atoms with Crippen molar-refractivity contribution in [3.05, 3.63) is 28.8 Å². The minimum atomic E-state index is -4.79. The SMILES string of the molecule is CC[C@H](C(=O)O)N(c1ccc(Cl)c(C(F)(F)F)c1)S(C)(=O)=O. The van der Waals surface area contributed by atoms with E-state index in [1.165, 1.54) is 6.92 Å². The van der Waals surface area contributed by atoms with Crippen LogP contribution in [0.5, 0.6) is 0 Å². The molecular weight excluding hydrogens is 347 g/mol. The molecule has 0 spiro atoms. The van der Waals surface area contributed by atoms with Crippen LogP contribution < -0.4 is 4.31 Å². The Morgan fingerprint density at radius 1 is 1.41 bits per heavy atom. The lowest BCUT2D eigenvalue weighted by molar-refractivity contribution is -0.138. The molecule has 22 heavy (non-hydrogen) atoms. The molecule has 0 unspecified atom stereocenters. The summed E-state index contributed by atoms with van der Waals surface area (Å²) in [5.74, 6) is -1.46. The number of carbonyl (C=O) groups is 1. The van der Waals surface area contributed by atoms with Gasteiger partial charge in [-0.25, -0.2) is 13.2 Å². The number of benzene rings is 1. The fourth-order valence-electron chi connectivity index (χ4n) is 1.91. The molecule has 0 aliphatic carbocycles. The molecule has 0 heterocycles. The van der Waals surface area contributed by atoms with Gasteiger partial charge < -0.3 is 5.11 Å². The second-order valence-corrected chi connectivity index (χ2v) is 6.75. The summed E-state index contributed by atoms with van der Waals surface area (Å²) >= 11 is 5.47. The summed E-state index contributed by atoms with van der Waals surface area (Å²) in [6.45, 7) is 1.41. The Labute approximate surface area is 130 Å². The van der Waals surface area contributed by atoms with Crippen molar-refractivity contribution in [1.29, 1.82) is 0 Å². The van der Waals surface area contributed by atoms with Crippen LogP contribution in [0.25, 0.3) is 0 Å². The smallest absolute Gasteiger partial charge is 0.417 e. The Kier molecular flexibility index (Phi) is 5.34. The number of hydrogen-bond acceptors (Lipinski definition) is 3. The van der Waals surface area contributed by atoms with Gasteiger partial charge >= 0.3 is 12.1 Å². The average Bonchev–Trinajstić information content (AvgIpc) is 2.33. The van der Waals surface area contributed by atoms with Crippen molar-refractivity contribution in [3.63, 3.8) is 0 Å². The first-order valence-corrected chi connectivity index (χ1v) is 8.21. The first-order chi connectivity index (χ1) is 9.89. The van der Waals surface area contributed by atoms with Gasteiger partial charge in [-0.1, -0.05) is 18.5 Å². The van der Waals surface area contributed by atoms with Crippen LogP contribution in [0.1, 0.15) is 18.9 Å². The van der Waals surface area contributed by atoms with Crippen molar-refractivity contribution in [2.75, 3.05) is 10.6 Å². The van der Waals surface area contributed by atoms with Gasteiger partial charge in [0, 0.05) is 0 Å². The summed E-state index contributed by atoms with van der Waals surface area (Å²) in [6.07, 6.45) is -4.19. The number of carboxylic acid groups (broad SMARTS) is 1. The Bertz CT molecular complexity index is 675. The molecule has 0 saturated heterocycles. The predicted octanol–water partition coefficient (Wildman–Crippen LogP) is 2.99. The lowest BCUT2D eigenvalue weighted by atomic mass is 10.1. The third-order valence-electron chi connectivity index (χ3n) is 2.82. The molecular formula is C12H13ClF3NO4S. The highest BCUT2D eigenvalue weighted by Gasteiger charge is 2.36. The van der Waals surface area contributed by atoms with Gasteiger partial charge in [-0.3, -0.25) is 4.31 Å². The van der Waals surface area contributed by atoms with E-state index in [0.717, 1.165) is 18.4 Å². The van der Waals surface area contributed by atoms with E-state index >= 15 is 0 Å². The van der Waals surface area contributed by atoms with Crippen molar-refractivity contribution in [3.8, 4) is 0 Å². The van der Waals surface area contributed by atoms with Crippen molar-refractivity contribution >= 4 is 33.3 Å². The van der Waals surface area contributed by atoms with E-state index in [9.17, 15) is 26.4 Å². The van der Waals surface area contributed by atoms with Crippen LogP contribution in [0.4, 0.5) is 18.9 Å². The van der Waals surface area contributed by atoms with Crippen LogP contribution in [0.2, 0.25) is 5.02 Å². The summed E-state index contributed by atoms with van der Waals surface area (Å²) in [6, 6.07) is 0.920. The predicted molar refractivity (Wildman–Crippen MR) is 75.5 cm³/mol. The molecule has 0 aliphatic rings. The average molecular weight is 360 g/mol. The molecule has 124 valence electrons. The molecule has 0 amide bonds. The third kappa shape index (κ3) is 4.04. The van der Waals surface area contributed by atoms with Gasteiger partial charge in [-0.2, -0.15) is 13.2 Å². The molecule has 10 heteroatoms. The van der Waals surface area contributed by atoms with E-state index in [1.54, 1.807) is 0 Å². The van der Waals surface area contributed by atoms with Gasteiger partial charge in [0.1, 0.15) is 6.04 Å². The summed E-state index contributed by atoms with van der Waals surface area (Å²) < 4.78 is 62.7. The van der Waals surface area contributed by atoms with E-state index in [-0.39, 0.29) is 6.42 Å². The standard InChI is InChI=1S/C12H13ClF3NO4S/c1-3-10(11(18)19)17(22(2,20)21)7-4-5-9(13)8(6-7)12(14,15)16/h4-6,10H,3H2,1-2H3,(H,18,19)/t10-/m1/s1. The minimum absolute atomic E-state index is 0.119. The topological polar surface area (TPSA) is 74.7 Å². The first kappa shape index (κ1) is 18.6. The fraction of sp³-hybridized carbons (Fsp3) is 0.417. The zero-order valence-corrected chi connectivity index (χ0v) is 13.1. The highest BCUT2D eigenvalue weighted by atomic mass is 35.5. The monoisotopic (exact) mass is 359 g/mol. The van der Waals surface area contributed by atoms with Crippen molar-refractivity contribution in [2.24, 2.45) is 0 Å². The summed E-state index contributed by atoms with van der Waals surface area (Å²) in [5.41, 5.74) is -1.64. The second kappa shape index (κ2) is 6.33. The largest absolute Gasteiger partial charge is 0.480 e. The Hall–Kier alpha value is -1.48. The zero-order chi connectivity index (χ0) is 17.3.